The molecule has 0 fully saturated rings. The van der Waals surface area contributed by atoms with E-state index in [1.807, 2.05) is 0 Å². The molecule has 0 aromatic carbocycles. The summed E-state index contributed by atoms with van der Waals surface area (Å²) in [6.07, 6.45) is -2.09. The first-order valence-corrected chi connectivity index (χ1v) is 2.35. The topological polar surface area (TPSA) is 43.4 Å². The van der Waals surface area contributed by atoms with Crippen LogP contribution in [0.3, 0.4) is 0 Å². The summed E-state index contributed by atoms with van der Waals surface area (Å²) in [5, 5.41) is 0. The number of Topliss-reactive ketones (excluding diaryl/α,β-unsaturated/α-hetero) is 1. The Balaban J connectivity index is 3.63. The molecular weight excluding hydrogens is 127 g/mol. The Morgan fingerprint density at radius 3 is 2.00 bits per heavy atom. The van der Waals surface area contributed by atoms with Gasteiger partial charge in [0.25, 0.3) is 6.36 Å². The number of hydrogen-bond acceptors (Lipinski definition) is 3. The zero-order chi connectivity index (χ0) is 7.44. The SMILES string of the molecule is CC(=O)OC(F)C(C)=O. The summed E-state index contributed by atoms with van der Waals surface area (Å²) >= 11 is 0. The summed E-state index contributed by atoms with van der Waals surface area (Å²) in [4.78, 5) is 20.0. The Morgan fingerprint density at radius 2 is 1.89 bits per heavy atom. The quantitative estimate of drug-likeness (QED) is 0.514. The van der Waals surface area contributed by atoms with Gasteiger partial charge in [0.15, 0.2) is 0 Å². The number of hydrogen-bond donors (Lipinski definition) is 0. The number of carbonyl (C=O) groups excluding carboxylic acids is 2. The number of esters is 1. The number of ketones is 1. The minimum absolute atomic E-state index is 0.794. The fourth-order valence-electron chi connectivity index (χ4n) is 0.229. The van der Waals surface area contributed by atoms with Crippen LogP contribution < -0.4 is 0 Å². The fraction of sp³-hybridized carbons (Fsp3) is 0.600. The lowest BCUT2D eigenvalue weighted by Crippen LogP contribution is -2.18. The van der Waals surface area contributed by atoms with Crippen molar-refractivity contribution < 1.29 is 18.7 Å². The van der Waals surface area contributed by atoms with Gasteiger partial charge in [0, 0.05) is 13.8 Å². The van der Waals surface area contributed by atoms with E-state index in [0.29, 0.717) is 0 Å². The van der Waals surface area contributed by atoms with Gasteiger partial charge in [-0.3, -0.25) is 9.59 Å². The van der Waals surface area contributed by atoms with E-state index < -0.39 is 18.1 Å². The summed E-state index contributed by atoms with van der Waals surface area (Å²) in [5.41, 5.74) is 0. The summed E-state index contributed by atoms with van der Waals surface area (Å²) in [6.45, 7) is 2.04. The van der Waals surface area contributed by atoms with Gasteiger partial charge >= 0.3 is 5.97 Å². The number of halogens is 1. The average molecular weight is 134 g/mol. The van der Waals surface area contributed by atoms with E-state index >= 15 is 0 Å². The molecule has 52 valence electrons. The lowest BCUT2D eigenvalue weighted by atomic mass is 10.5. The highest BCUT2D eigenvalue weighted by Crippen LogP contribution is 1.94. The molecule has 0 heterocycles. The van der Waals surface area contributed by atoms with Crippen LogP contribution in [-0.2, 0) is 14.3 Å². The third-order valence-corrected chi connectivity index (χ3v) is 0.589. The molecule has 0 saturated carbocycles. The molecule has 0 aliphatic heterocycles. The molecule has 0 aromatic heterocycles. The monoisotopic (exact) mass is 134 g/mol. The molecule has 0 rings (SSSR count). The van der Waals surface area contributed by atoms with Gasteiger partial charge < -0.3 is 4.74 Å². The van der Waals surface area contributed by atoms with Gasteiger partial charge in [0.1, 0.15) is 0 Å². The standard InChI is InChI=1S/C5H7FO3/c1-3(7)5(6)9-4(2)8/h5H,1-2H3. The average Bonchev–Trinajstić information content (AvgIpc) is 1.63. The minimum Gasteiger partial charge on any atom is -0.424 e. The molecule has 9 heavy (non-hydrogen) atoms. The highest BCUT2D eigenvalue weighted by atomic mass is 19.1. The van der Waals surface area contributed by atoms with Gasteiger partial charge in [-0.25, -0.2) is 0 Å². The number of carbonyl (C=O) groups is 2. The minimum atomic E-state index is -2.09. The molecule has 0 bridgehead atoms. The van der Waals surface area contributed by atoms with Crippen molar-refractivity contribution in [3.05, 3.63) is 0 Å². The van der Waals surface area contributed by atoms with Gasteiger partial charge in [0.2, 0.25) is 5.78 Å². The number of alkyl halides is 1. The molecule has 3 nitrogen and oxygen atoms in total. The first kappa shape index (κ1) is 8.07. The van der Waals surface area contributed by atoms with Crippen LogP contribution in [0.1, 0.15) is 13.8 Å². The van der Waals surface area contributed by atoms with Crippen LogP contribution in [0, 0.1) is 0 Å². The van der Waals surface area contributed by atoms with Crippen LogP contribution in [-0.4, -0.2) is 18.1 Å². The number of rotatable bonds is 2. The smallest absolute Gasteiger partial charge is 0.305 e. The van der Waals surface area contributed by atoms with Crippen LogP contribution in [0.25, 0.3) is 0 Å². The predicted octanol–water partition coefficient (Wildman–Crippen LogP) is 0.434. The van der Waals surface area contributed by atoms with Gasteiger partial charge in [-0.15, -0.1) is 0 Å². The van der Waals surface area contributed by atoms with E-state index in [0.717, 1.165) is 13.8 Å². The van der Waals surface area contributed by atoms with E-state index in [1.54, 1.807) is 0 Å². The Morgan fingerprint density at radius 1 is 1.44 bits per heavy atom. The van der Waals surface area contributed by atoms with Crippen molar-refractivity contribution in [1.29, 1.82) is 0 Å². The zero-order valence-electron chi connectivity index (χ0n) is 5.18. The number of ether oxygens (including phenoxy) is 1. The Hall–Kier alpha value is -0.930. The molecule has 0 aromatic rings. The molecule has 1 atom stereocenters. The summed E-state index contributed by atoms with van der Waals surface area (Å²) in [5.74, 6) is -1.59. The Labute approximate surface area is 51.8 Å². The molecule has 1 unspecified atom stereocenters. The molecule has 0 N–H and O–H groups in total. The van der Waals surface area contributed by atoms with E-state index in [-0.39, 0.29) is 0 Å². The van der Waals surface area contributed by atoms with Crippen LogP contribution in [0.2, 0.25) is 0 Å². The molecule has 0 spiro atoms. The molecular formula is C5H7FO3. The van der Waals surface area contributed by atoms with Gasteiger partial charge in [-0.1, -0.05) is 0 Å². The molecule has 0 aliphatic rings. The third kappa shape index (κ3) is 3.64. The van der Waals surface area contributed by atoms with Crippen LogP contribution in [0.4, 0.5) is 4.39 Å². The van der Waals surface area contributed by atoms with Crippen molar-refractivity contribution in [2.75, 3.05) is 0 Å². The lowest BCUT2D eigenvalue weighted by molar-refractivity contribution is -0.162. The van der Waals surface area contributed by atoms with E-state index in [2.05, 4.69) is 4.74 Å². The zero-order valence-corrected chi connectivity index (χ0v) is 5.18. The third-order valence-electron chi connectivity index (χ3n) is 0.589. The van der Waals surface area contributed by atoms with Crippen molar-refractivity contribution in [2.24, 2.45) is 0 Å². The first-order chi connectivity index (χ1) is 4.04. The summed E-state index contributed by atoms with van der Waals surface area (Å²) in [6, 6.07) is 0. The lowest BCUT2D eigenvalue weighted by Gasteiger charge is -2.01. The molecule has 0 amide bonds. The maximum absolute atomic E-state index is 12.0. The van der Waals surface area contributed by atoms with Crippen molar-refractivity contribution in [3.63, 3.8) is 0 Å². The predicted molar refractivity (Wildman–Crippen MR) is 27.3 cm³/mol. The molecule has 0 aliphatic carbocycles. The second kappa shape index (κ2) is 3.17. The summed E-state index contributed by atoms with van der Waals surface area (Å²) in [7, 11) is 0. The van der Waals surface area contributed by atoms with Gasteiger partial charge in [0.05, 0.1) is 0 Å². The summed E-state index contributed by atoms with van der Waals surface area (Å²) < 4.78 is 15.8. The van der Waals surface area contributed by atoms with Crippen molar-refractivity contribution in [1.82, 2.24) is 0 Å². The second-order valence-corrected chi connectivity index (χ2v) is 1.54. The largest absolute Gasteiger partial charge is 0.424 e. The van der Waals surface area contributed by atoms with Gasteiger partial charge in [-0.2, -0.15) is 4.39 Å². The highest BCUT2D eigenvalue weighted by molar-refractivity contribution is 5.81. The van der Waals surface area contributed by atoms with Crippen LogP contribution >= 0.6 is 0 Å². The van der Waals surface area contributed by atoms with Gasteiger partial charge in [-0.05, 0) is 0 Å². The van der Waals surface area contributed by atoms with Crippen molar-refractivity contribution in [3.8, 4) is 0 Å². The molecule has 4 heteroatoms. The van der Waals surface area contributed by atoms with E-state index in [9.17, 15) is 14.0 Å². The maximum atomic E-state index is 12.0. The second-order valence-electron chi connectivity index (χ2n) is 1.54. The first-order valence-electron chi connectivity index (χ1n) is 2.35. The Kier molecular flexibility index (Phi) is 2.84. The van der Waals surface area contributed by atoms with Crippen molar-refractivity contribution >= 4 is 11.8 Å². The Bertz CT molecular complexity index is 132. The molecule has 0 radical (unpaired) electrons. The van der Waals surface area contributed by atoms with Crippen molar-refractivity contribution in [2.45, 2.75) is 20.2 Å². The van der Waals surface area contributed by atoms with Crippen LogP contribution in [0.15, 0.2) is 0 Å². The maximum Gasteiger partial charge on any atom is 0.305 e. The van der Waals surface area contributed by atoms with E-state index in [4.69, 9.17) is 0 Å². The molecule has 0 saturated heterocycles. The normalized spacial score (nSPS) is 12.3. The van der Waals surface area contributed by atoms with Crippen LogP contribution in [0.5, 0.6) is 0 Å². The fourth-order valence-corrected chi connectivity index (χ4v) is 0.229. The highest BCUT2D eigenvalue weighted by Gasteiger charge is 2.13. The van der Waals surface area contributed by atoms with E-state index in [1.165, 1.54) is 0 Å².